The molecule has 0 aliphatic heterocycles. The first-order chi connectivity index (χ1) is 19.4. The van der Waals surface area contributed by atoms with Gasteiger partial charge in [-0.3, -0.25) is 19.9 Å². The Hall–Kier alpha value is -4.62. The fourth-order valence-electron chi connectivity index (χ4n) is 3.67. The molecule has 0 unspecified atom stereocenters. The average Bonchev–Trinajstić information content (AvgIpc) is 3.39. The number of nitrogens with one attached hydrogen (secondary N) is 3. The minimum atomic E-state index is -4.88. The van der Waals surface area contributed by atoms with Gasteiger partial charge in [-0.1, -0.05) is 48.8 Å². The van der Waals surface area contributed by atoms with Gasteiger partial charge in [0.1, 0.15) is 5.69 Å². The number of hydrazine groups is 1. The molecule has 0 aliphatic rings. The Morgan fingerprint density at radius 1 is 0.952 bits per heavy atom. The van der Waals surface area contributed by atoms with E-state index in [2.05, 4.69) is 26.3 Å². The summed E-state index contributed by atoms with van der Waals surface area (Å²) >= 11 is 12.2. The zero-order valence-corrected chi connectivity index (χ0v) is 22.8. The van der Waals surface area contributed by atoms with Crippen LogP contribution in [0.2, 0.25) is 10.0 Å². The van der Waals surface area contributed by atoms with Crippen LogP contribution >= 0.6 is 23.2 Å². The third-order valence-electron chi connectivity index (χ3n) is 5.69. The van der Waals surface area contributed by atoms with E-state index in [0.29, 0.717) is 22.0 Å². The zero-order chi connectivity index (χ0) is 29.9. The highest BCUT2D eigenvalue weighted by molar-refractivity contribution is 6.32. The first-order valence-corrected chi connectivity index (χ1v) is 12.4. The van der Waals surface area contributed by atoms with E-state index in [1.165, 1.54) is 49.3 Å². The molecule has 0 saturated carbocycles. The molecule has 4 rings (SSSR count). The number of pyridine rings is 1. The summed E-state index contributed by atoms with van der Waals surface area (Å²) in [5.41, 5.74) is 3.19. The lowest BCUT2D eigenvalue weighted by Gasteiger charge is -2.19. The Bertz CT molecular complexity index is 1630. The number of amides is 4. The van der Waals surface area contributed by atoms with Gasteiger partial charge in [-0.15, -0.1) is 0 Å². The Morgan fingerprint density at radius 2 is 1.64 bits per heavy atom. The molecule has 0 atom stereocenters. The van der Waals surface area contributed by atoms with E-state index in [-0.39, 0.29) is 34.5 Å². The van der Waals surface area contributed by atoms with Gasteiger partial charge < -0.3 is 5.32 Å². The van der Waals surface area contributed by atoms with Crippen molar-refractivity contribution in [2.45, 2.75) is 20.5 Å². The fourth-order valence-corrected chi connectivity index (χ4v) is 4.15. The van der Waals surface area contributed by atoms with E-state index in [1.54, 1.807) is 30.3 Å². The predicted molar refractivity (Wildman–Crippen MR) is 153 cm³/mol. The number of anilines is 2. The number of hydrogen-bond acceptors (Lipinski definition) is 5. The molecule has 0 radical (unpaired) electrons. The van der Waals surface area contributed by atoms with E-state index in [9.17, 15) is 27.6 Å². The second kappa shape index (κ2) is 12.9. The van der Waals surface area contributed by atoms with Gasteiger partial charge in [0.2, 0.25) is 0 Å². The van der Waals surface area contributed by atoms with Crippen LogP contribution in [0.5, 0.6) is 0 Å². The molecule has 3 N–H and O–H groups in total. The summed E-state index contributed by atoms with van der Waals surface area (Å²) in [7, 11) is 1.48. The summed E-state index contributed by atoms with van der Waals surface area (Å²) in [6.45, 7) is 1.52. The Kier molecular flexibility index (Phi) is 9.81. The normalized spacial score (nSPS) is 10.8. The predicted octanol–water partition coefficient (Wildman–Crippen LogP) is 6.28. The van der Waals surface area contributed by atoms with E-state index >= 15 is 0 Å². The van der Waals surface area contributed by atoms with Gasteiger partial charge in [-0.05, 0) is 48.9 Å². The molecule has 10 nitrogen and oxygen atoms in total. The highest BCUT2D eigenvalue weighted by Crippen LogP contribution is 2.32. The fraction of sp³-hybridized carbons (Fsp3) is 0.148. The highest BCUT2D eigenvalue weighted by Gasteiger charge is 2.37. The molecule has 2 heterocycles. The lowest BCUT2D eigenvalue weighted by molar-refractivity contribution is -0.141. The van der Waals surface area contributed by atoms with Crippen molar-refractivity contribution in [3.63, 3.8) is 0 Å². The van der Waals surface area contributed by atoms with Gasteiger partial charge in [-0.2, -0.15) is 18.3 Å². The van der Waals surface area contributed by atoms with Crippen LogP contribution in [0.25, 0.3) is 5.82 Å². The van der Waals surface area contributed by atoms with Crippen LogP contribution in [0.1, 0.15) is 39.5 Å². The van der Waals surface area contributed by atoms with Gasteiger partial charge in [0.25, 0.3) is 11.8 Å². The van der Waals surface area contributed by atoms with Crippen LogP contribution in [-0.4, -0.2) is 39.7 Å². The SMILES string of the molecule is C.Cc1cc(Cl)cc(C(=O)NNC(=O)N(C)c2ccccc2)c1NC(=O)c1cc(C(F)(F)F)nn1-c1ncccc1Cl. The number of halogens is 5. The number of aromatic nitrogens is 3. The van der Waals surface area contributed by atoms with Crippen LogP contribution < -0.4 is 21.1 Å². The number of alkyl halides is 3. The van der Waals surface area contributed by atoms with Crippen molar-refractivity contribution >= 4 is 52.4 Å². The van der Waals surface area contributed by atoms with Crippen molar-refractivity contribution in [3.05, 3.63) is 99.4 Å². The maximum absolute atomic E-state index is 13.5. The first kappa shape index (κ1) is 31.9. The number of nitrogens with zero attached hydrogens (tertiary/aromatic N) is 4. The van der Waals surface area contributed by atoms with E-state index in [0.717, 1.165) is 0 Å². The van der Waals surface area contributed by atoms with Crippen molar-refractivity contribution in [2.24, 2.45) is 0 Å². The molecule has 4 amide bonds. The van der Waals surface area contributed by atoms with Gasteiger partial charge in [0.05, 0.1) is 16.3 Å². The average molecular weight is 622 g/mol. The van der Waals surface area contributed by atoms with Crippen LogP contribution in [0.15, 0.2) is 66.9 Å². The smallest absolute Gasteiger partial charge is 0.320 e. The van der Waals surface area contributed by atoms with Gasteiger partial charge in [-0.25, -0.2) is 19.9 Å². The monoisotopic (exact) mass is 621 g/mol. The second-order valence-corrected chi connectivity index (χ2v) is 9.36. The number of carbonyl (C=O) groups excluding carboxylic acids is 3. The second-order valence-electron chi connectivity index (χ2n) is 8.51. The Labute approximate surface area is 248 Å². The number of benzene rings is 2. The van der Waals surface area contributed by atoms with Crippen LogP contribution in [0.4, 0.5) is 29.3 Å². The molecule has 42 heavy (non-hydrogen) atoms. The van der Waals surface area contributed by atoms with Gasteiger partial charge in [0, 0.05) is 30.0 Å². The molecular formula is C27H24Cl2F3N7O3. The maximum atomic E-state index is 13.5. The lowest BCUT2D eigenvalue weighted by Crippen LogP contribution is -2.47. The summed E-state index contributed by atoms with van der Waals surface area (Å²) in [5, 5.41) is 6.01. The highest BCUT2D eigenvalue weighted by atomic mass is 35.5. The van der Waals surface area contributed by atoms with Crippen molar-refractivity contribution in [1.29, 1.82) is 0 Å². The number of aryl methyl sites for hydroxylation is 1. The quantitative estimate of drug-likeness (QED) is 0.226. The lowest BCUT2D eigenvalue weighted by atomic mass is 10.1. The Balaban J connectivity index is 0.00000484. The number of urea groups is 1. The topological polar surface area (TPSA) is 121 Å². The summed E-state index contributed by atoms with van der Waals surface area (Å²) < 4.78 is 41.2. The van der Waals surface area contributed by atoms with Crippen LogP contribution in [0, 0.1) is 6.92 Å². The number of hydrogen-bond donors (Lipinski definition) is 3. The van der Waals surface area contributed by atoms with Crippen molar-refractivity contribution in [3.8, 4) is 5.82 Å². The molecular weight excluding hydrogens is 598 g/mol. The van der Waals surface area contributed by atoms with Gasteiger partial charge >= 0.3 is 12.2 Å². The summed E-state index contributed by atoms with van der Waals surface area (Å²) in [4.78, 5) is 44.1. The summed E-state index contributed by atoms with van der Waals surface area (Å²) in [6.07, 6.45) is -3.61. The minimum Gasteiger partial charge on any atom is -0.320 e. The van der Waals surface area contributed by atoms with Crippen LogP contribution in [-0.2, 0) is 6.18 Å². The number of rotatable bonds is 5. The molecule has 4 aromatic rings. The summed E-state index contributed by atoms with van der Waals surface area (Å²) in [6, 6.07) is 13.9. The summed E-state index contributed by atoms with van der Waals surface area (Å²) in [5.74, 6) is -2.13. The van der Waals surface area contributed by atoms with Crippen molar-refractivity contribution in [2.75, 3.05) is 17.3 Å². The third-order valence-corrected chi connectivity index (χ3v) is 6.20. The molecule has 0 saturated heterocycles. The van der Waals surface area contributed by atoms with E-state index < -0.39 is 35.4 Å². The van der Waals surface area contributed by atoms with Gasteiger partial charge in [0.15, 0.2) is 11.5 Å². The molecule has 2 aromatic heterocycles. The maximum Gasteiger partial charge on any atom is 0.435 e. The molecule has 0 bridgehead atoms. The third kappa shape index (κ3) is 6.98. The van der Waals surface area contributed by atoms with E-state index in [1.807, 2.05) is 0 Å². The molecule has 0 spiro atoms. The minimum absolute atomic E-state index is 0. The van der Waals surface area contributed by atoms with Crippen molar-refractivity contribution < 1.29 is 27.6 Å². The van der Waals surface area contributed by atoms with E-state index in [4.69, 9.17) is 23.2 Å². The largest absolute Gasteiger partial charge is 0.435 e. The number of para-hydroxylation sites is 1. The Morgan fingerprint density at radius 3 is 2.29 bits per heavy atom. The standard InChI is InChI=1S/C26H20Cl2F3N7O3.CH4/c1-14-11-15(27)12-17(23(39)34-35-25(41)37(2)16-7-4-3-5-8-16)21(14)33-24(40)19-13-20(26(29,30)31)36-38(19)22-18(28)9-6-10-32-22;/h3-13H,1-2H3,(H,33,40)(H,34,39)(H,35,41);1H4. The number of carbonyl (C=O) groups is 3. The molecule has 0 aliphatic carbocycles. The van der Waals surface area contributed by atoms with Crippen molar-refractivity contribution in [1.82, 2.24) is 25.6 Å². The first-order valence-electron chi connectivity index (χ1n) is 11.7. The van der Waals surface area contributed by atoms with Crippen LogP contribution in [0.3, 0.4) is 0 Å². The molecule has 0 fully saturated rings. The molecule has 220 valence electrons. The zero-order valence-electron chi connectivity index (χ0n) is 21.3. The molecule has 15 heteroatoms. The molecule has 2 aromatic carbocycles.